The zero-order chi connectivity index (χ0) is 22.8. The van der Waals surface area contributed by atoms with Crippen LogP contribution in [0, 0.1) is 0 Å². The van der Waals surface area contributed by atoms with Crippen LogP contribution in [-0.4, -0.2) is 36.7 Å². The zero-order valence-corrected chi connectivity index (χ0v) is 18.9. The van der Waals surface area contributed by atoms with Crippen molar-refractivity contribution in [3.05, 3.63) is 101 Å². The number of aromatic amines is 1. The second-order valence-electron chi connectivity index (χ2n) is 8.25. The van der Waals surface area contributed by atoms with Crippen LogP contribution in [0.2, 0.25) is 0 Å². The van der Waals surface area contributed by atoms with Crippen LogP contribution in [0.1, 0.15) is 27.0 Å². The first-order valence-corrected chi connectivity index (χ1v) is 12.5. The molecule has 0 radical (unpaired) electrons. The molecule has 6 nitrogen and oxygen atoms in total. The smallest absolute Gasteiger partial charge is 0.251 e. The number of aromatic nitrogens is 1. The van der Waals surface area contributed by atoms with Crippen molar-refractivity contribution in [3.8, 4) is 0 Å². The van der Waals surface area contributed by atoms with Gasteiger partial charge in [0.15, 0.2) is 0 Å². The van der Waals surface area contributed by atoms with Crippen molar-refractivity contribution in [2.24, 2.45) is 0 Å². The first kappa shape index (κ1) is 21.4. The molecule has 1 aromatic heterocycles. The molecule has 0 fully saturated rings. The number of hydrogen-bond acceptors (Lipinski definition) is 3. The van der Waals surface area contributed by atoms with Crippen LogP contribution >= 0.6 is 0 Å². The molecular weight excluding hydrogens is 434 g/mol. The lowest BCUT2D eigenvalue weighted by atomic mass is 10.0. The number of amides is 1. The van der Waals surface area contributed by atoms with E-state index in [-0.39, 0.29) is 10.8 Å². The van der Waals surface area contributed by atoms with Crippen LogP contribution in [0.3, 0.4) is 0 Å². The van der Waals surface area contributed by atoms with E-state index >= 15 is 0 Å². The van der Waals surface area contributed by atoms with E-state index in [1.165, 1.54) is 15.9 Å². The molecule has 2 N–H and O–H groups in total. The van der Waals surface area contributed by atoms with Gasteiger partial charge in [0.25, 0.3) is 5.91 Å². The normalized spacial score (nSPS) is 14.2. The molecule has 33 heavy (non-hydrogen) atoms. The van der Waals surface area contributed by atoms with Gasteiger partial charge in [0.1, 0.15) is 0 Å². The van der Waals surface area contributed by atoms with Crippen LogP contribution in [0.4, 0.5) is 0 Å². The average Bonchev–Trinajstić information content (AvgIpc) is 3.27. The van der Waals surface area contributed by atoms with Crippen LogP contribution < -0.4 is 5.32 Å². The molecule has 4 aromatic rings. The summed E-state index contributed by atoms with van der Waals surface area (Å²) in [6, 6.07) is 22.2. The fourth-order valence-corrected chi connectivity index (χ4v) is 5.84. The molecule has 7 heteroatoms. The van der Waals surface area contributed by atoms with Crippen molar-refractivity contribution >= 4 is 26.8 Å². The van der Waals surface area contributed by atoms with Gasteiger partial charge in [0, 0.05) is 42.3 Å². The molecule has 1 aliphatic heterocycles. The Kier molecular flexibility index (Phi) is 5.74. The number of carbonyl (C=O) groups excluding carboxylic acids is 1. The van der Waals surface area contributed by atoms with E-state index in [4.69, 9.17) is 0 Å². The third kappa shape index (κ3) is 4.29. The topological polar surface area (TPSA) is 82.3 Å². The Morgan fingerprint density at radius 3 is 2.64 bits per heavy atom. The SMILES string of the molecule is O=C(NCCc1c[nH]c2ccccc12)c1cccc(S(=O)(=O)N2CCc3ccccc3C2)c1. The van der Waals surface area contributed by atoms with E-state index in [1.807, 2.05) is 48.7 Å². The van der Waals surface area contributed by atoms with Gasteiger partial charge < -0.3 is 10.3 Å². The number of benzene rings is 3. The molecule has 0 spiro atoms. The molecule has 0 aliphatic carbocycles. The van der Waals surface area contributed by atoms with Gasteiger partial charge in [-0.2, -0.15) is 4.31 Å². The molecule has 0 saturated carbocycles. The maximum Gasteiger partial charge on any atom is 0.251 e. The molecule has 1 aliphatic rings. The minimum absolute atomic E-state index is 0.145. The van der Waals surface area contributed by atoms with Gasteiger partial charge in [0.2, 0.25) is 10.0 Å². The lowest BCUT2D eigenvalue weighted by Gasteiger charge is -2.28. The number of carbonyl (C=O) groups is 1. The maximum absolute atomic E-state index is 13.3. The Hall–Kier alpha value is -3.42. The van der Waals surface area contributed by atoms with Gasteiger partial charge in [-0.25, -0.2) is 8.42 Å². The van der Waals surface area contributed by atoms with Crippen LogP contribution in [0.15, 0.2) is 83.9 Å². The molecule has 0 unspecified atom stereocenters. The highest BCUT2D eigenvalue weighted by Gasteiger charge is 2.28. The standard InChI is InChI=1S/C26H25N3O3S/c30-26(27-14-12-21-17-28-25-11-4-3-10-24(21)25)20-8-5-9-23(16-20)33(31,32)29-15-13-19-6-1-2-7-22(19)18-29/h1-11,16-17,28H,12-15,18H2,(H,27,30). The zero-order valence-electron chi connectivity index (χ0n) is 18.1. The molecule has 5 rings (SSSR count). The predicted octanol–water partition coefficient (Wildman–Crippen LogP) is 3.89. The molecule has 1 amide bonds. The van der Waals surface area contributed by atoms with E-state index in [0.29, 0.717) is 38.0 Å². The number of rotatable bonds is 6. The van der Waals surface area contributed by atoms with Crippen molar-refractivity contribution in [1.29, 1.82) is 0 Å². The number of hydrogen-bond donors (Lipinski definition) is 2. The summed E-state index contributed by atoms with van der Waals surface area (Å²) in [7, 11) is -3.69. The Morgan fingerprint density at radius 2 is 1.76 bits per heavy atom. The Labute approximate surface area is 193 Å². The second-order valence-corrected chi connectivity index (χ2v) is 10.2. The third-order valence-electron chi connectivity index (χ3n) is 6.18. The summed E-state index contributed by atoms with van der Waals surface area (Å²) in [6.45, 7) is 1.24. The lowest BCUT2D eigenvalue weighted by Crippen LogP contribution is -2.36. The minimum atomic E-state index is -3.69. The van der Waals surface area contributed by atoms with Crippen molar-refractivity contribution in [2.75, 3.05) is 13.1 Å². The monoisotopic (exact) mass is 459 g/mol. The van der Waals surface area contributed by atoms with E-state index in [0.717, 1.165) is 22.0 Å². The van der Waals surface area contributed by atoms with Crippen molar-refractivity contribution < 1.29 is 13.2 Å². The van der Waals surface area contributed by atoms with E-state index < -0.39 is 10.0 Å². The Bertz CT molecular complexity index is 1430. The second kappa shape index (κ2) is 8.84. The molecule has 0 atom stereocenters. The van der Waals surface area contributed by atoms with Crippen molar-refractivity contribution in [3.63, 3.8) is 0 Å². The van der Waals surface area contributed by atoms with E-state index in [9.17, 15) is 13.2 Å². The number of fused-ring (bicyclic) bond motifs is 2. The number of nitrogens with one attached hydrogen (secondary N) is 2. The van der Waals surface area contributed by atoms with Crippen LogP contribution in [0.25, 0.3) is 10.9 Å². The maximum atomic E-state index is 13.3. The van der Waals surface area contributed by atoms with Gasteiger partial charge in [0.05, 0.1) is 4.90 Å². The van der Waals surface area contributed by atoms with E-state index in [1.54, 1.807) is 18.2 Å². The summed E-state index contributed by atoms with van der Waals surface area (Å²) < 4.78 is 28.0. The molecule has 2 heterocycles. The number of nitrogens with zero attached hydrogens (tertiary/aromatic N) is 1. The highest BCUT2D eigenvalue weighted by molar-refractivity contribution is 7.89. The highest BCUT2D eigenvalue weighted by atomic mass is 32.2. The summed E-state index contributed by atoms with van der Waals surface area (Å²) in [5, 5.41) is 4.05. The van der Waals surface area contributed by atoms with Gasteiger partial charge >= 0.3 is 0 Å². The Morgan fingerprint density at radius 1 is 0.970 bits per heavy atom. The average molecular weight is 460 g/mol. The fraction of sp³-hybridized carbons (Fsp3) is 0.192. The summed E-state index contributed by atoms with van der Waals surface area (Å²) in [5.41, 5.74) is 4.75. The van der Waals surface area contributed by atoms with Crippen LogP contribution in [0.5, 0.6) is 0 Å². The Balaban J connectivity index is 1.27. The number of H-pyrrole nitrogens is 1. The first-order valence-electron chi connectivity index (χ1n) is 11.0. The van der Waals surface area contributed by atoms with Crippen LogP contribution in [-0.2, 0) is 29.4 Å². The van der Waals surface area contributed by atoms with Gasteiger partial charge in [-0.05, 0) is 53.8 Å². The molecule has 0 saturated heterocycles. The van der Waals surface area contributed by atoms with Crippen molar-refractivity contribution in [2.45, 2.75) is 24.3 Å². The van der Waals surface area contributed by atoms with Gasteiger partial charge in [-0.1, -0.05) is 48.5 Å². The molecule has 0 bridgehead atoms. The summed E-state index contributed by atoms with van der Waals surface area (Å²) in [5.74, 6) is -0.282. The summed E-state index contributed by atoms with van der Waals surface area (Å²) in [4.78, 5) is 16.1. The van der Waals surface area contributed by atoms with E-state index in [2.05, 4.69) is 16.4 Å². The molecule has 168 valence electrons. The summed E-state index contributed by atoms with van der Waals surface area (Å²) >= 11 is 0. The lowest BCUT2D eigenvalue weighted by molar-refractivity contribution is 0.0954. The quantitative estimate of drug-likeness (QED) is 0.459. The summed E-state index contributed by atoms with van der Waals surface area (Å²) in [6.07, 6.45) is 3.32. The van der Waals surface area contributed by atoms with Gasteiger partial charge in [-0.3, -0.25) is 4.79 Å². The minimum Gasteiger partial charge on any atom is -0.361 e. The fourth-order valence-electron chi connectivity index (χ4n) is 4.37. The highest BCUT2D eigenvalue weighted by Crippen LogP contribution is 2.25. The first-order chi connectivity index (χ1) is 16.0. The molecule has 3 aromatic carbocycles. The van der Waals surface area contributed by atoms with Gasteiger partial charge in [-0.15, -0.1) is 0 Å². The number of para-hydroxylation sites is 1. The predicted molar refractivity (Wildman–Crippen MR) is 129 cm³/mol. The van der Waals surface area contributed by atoms with Crippen molar-refractivity contribution in [1.82, 2.24) is 14.6 Å². The third-order valence-corrected chi connectivity index (χ3v) is 8.03. The number of sulfonamides is 1. The largest absolute Gasteiger partial charge is 0.361 e. The molecular formula is C26H25N3O3S.